The van der Waals surface area contributed by atoms with E-state index in [4.69, 9.17) is 0 Å². The summed E-state index contributed by atoms with van der Waals surface area (Å²) in [4.78, 5) is 10.0. The van der Waals surface area contributed by atoms with Crippen LogP contribution in [0.5, 0.6) is 0 Å². The molecular formula is C9H12N2O3S. The van der Waals surface area contributed by atoms with Crippen molar-refractivity contribution in [1.29, 1.82) is 0 Å². The van der Waals surface area contributed by atoms with Gasteiger partial charge in [0.25, 0.3) is 5.69 Å². The SMILES string of the molecule is CS(C)(=O)=NCc1cccc([N+](=O)[O-])c1. The molecule has 0 unspecified atom stereocenters. The van der Waals surface area contributed by atoms with Crippen molar-refractivity contribution in [3.63, 3.8) is 0 Å². The van der Waals surface area contributed by atoms with Crippen LogP contribution in [0.2, 0.25) is 0 Å². The number of nitrogens with zero attached hydrogens (tertiary/aromatic N) is 2. The molecule has 0 radical (unpaired) electrons. The molecule has 0 aliphatic heterocycles. The molecule has 0 heterocycles. The summed E-state index contributed by atoms with van der Waals surface area (Å²) in [5, 5.41) is 10.5. The Morgan fingerprint density at radius 2 is 2.13 bits per heavy atom. The monoisotopic (exact) mass is 228 g/mol. The molecule has 0 aliphatic rings. The highest BCUT2D eigenvalue weighted by atomic mass is 32.2. The first-order valence-electron chi connectivity index (χ1n) is 4.25. The third kappa shape index (κ3) is 4.07. The molecule has 1 rings (SSSR count). The van der Waals surface area contributed by atoms with Gasteiger partial charge in [0.05, 0.1) is 11.5 Å². The lowest BCUT2D eigenvalue weighted by molar-refractivity contribution is -0.384. The van der Waals surface area contributed by atoms with Crippen molar-refractivity contribution in [1.82, 2.24) is 0 Å². The van der Waals surface area contributed by atoms with Crippen LogP contribution in [0.3, 0.4) is 0 Å². The molecule has 0 aromatic heterocycles. The van der Waals surface area contributed by atoms with Gasteiger partial charge in [0.1, 0.15) is 0 Å². The molecule has 82 valence electrons. The predicted molar refractivity (Wildman–Crippen MR) is 59.2 cm³/mol. The highest BCUT2D eigenvalue weighted by Crippen LogP contribution is 2.13. The molecule has 0 atom stereocenters. The number of nitro benzene ring substituents is 1. The predicted octanol–water partition coefficient (Wildman–Crippen LogP) is 1.82. The summed E-state index contributed by atoms with van der Waals surface area (Å²) in [6.45, 7) is 0.244. The van der Waals surface area contributed by atoms with Crippen molar-refractivity contribution in [2.45, 2.75) is 6.54 Å². The fourth-order valence-corrected chi connectivity index (χ4v) is 1.46. The third-order valence-electron chi connectivity index (χ3n) is 1.68. The first-order valence-corrected chi connectivity index (χ1v) is 6.58. The quantitative estimate of drug-likeness (QED) is 0.585. The van der Waals surface area contributed by atoms with Crippen molar-refractivity contribution in [3.05, 3.63) is 39.9 Å². The highest BCUT2D eigenvalue weighted by molar-refractivity contribution is 7.92. The summed E-state index contributed by atoms with van der Waals surface area (Å²) >= 11 is 0. The summed E-state index contributed by atoms with van der Waals surface area (Å²) in [5.74, 6) is 0. The maximum absolute atomic E-state index is 11.3. The molecule has 0 aliphatic carbocycles. The fraction of sp³-hybridized carbons (Fsp3) is 0.333. The fourth-order valence-electron chi connectivity index (χ4n) is 0.998. The lowest BCUT2D eigenvalue weighted by Gasteiger charge is -1.98. The van der Waals surface area contributed by atoms with Crippen LogP contribution >= 0.6 is 0 Å². The Bertz CT molecular complexity index is 482. The van der Waals surface area contributed by atoms with Gasteiger partial charge in [0, 0.05) is 34.4 Å². The molecule has 0 fully saturated rings. The number of hydrogen-bond donors (Lipinski definition) is 0. The van der Waals surface area contributed by atoms with Crippen molar-refractivity contribution in [2.75, 3.05) is 12.5 Å². The maximum atomic E-state index is 11.3. The second kappa shape index (κ2) is 4.39. The Balaban J connectivity index is 2.93. The average Bonchev–Trinajstić information content (AvgIpc) is 2.14. The van der Waals surface area contributed by atoms with E-state index in [1.165, 1.54) is 24.6 Å². The third-order valence-corrected chi connectivity index (χ3v) is 2.43. The van der Waals surface area contributed by atoms with E-state index < -0.39 is 14.7 Å². The topological polar surface area (TPSA) is 72.6 Å². The molecule has 15 heavy (non-hydrogen) atoms. The van der Waals surface area contributed by atoms with E-state index in [0.29, 0.717) is 5.56 Å². The van der Waals surface area contributed by atoms with E-state index in [0.717, 1.165) is 0 Å². The van der Waals surface area contributed by atoms with Crippen LogP contribution < -0.4 is 0 Å². The van der Waals surface area contributed by atoms with Crippen LogP contribution in [0, 0.1) is 10.1 Å². The van der Waals surface area contributed by atoms with Crippen LogP contribution in [0.25, 0.3) is 0 Å². The normalized spacial score (nSPS) is 11.1. The summed E-state index contributed by atoms with van der Waals surface area (Å²) in [6, 6.07) is 6.17. The zero-order chi connectivity index (χ0) is 11.5. The van der Waals surface area contributed by atoms with Gasteiger partial charge in [-0.15, -0.1) is 0 Å². The number of nitro groups is 1. The zero-order valence-electron chi connectivity index (χ0n) is 8.54. The van der Waals surface area contributed by atoms with Gasteiger partial charge in [-0.25, -0.2) is 4.36 Å². The first-order chi connectivity index (χ1) is 6.88. The van der Waals surface area contributed by atoms with Crippen LogP contribution in [0.4, 0.5) is 5.69 Å². The largest absolute Gasteiger partial charge is 0.269 e. The molecule has 6 heteroatoms. The number of rotatable bonds is 3. The van der Waals surface area contributed by atoms with Crippen LogP contribution in [-0.4, -0.2) is 21.6 Å². The van der Waals surface area contributed by atoms with E-state index in [-0.39, 0.29) is 12.2 Å². The van der Waals surface area contributed by atoms with Gasteiger partial charge in [-0.1, -0.05) is 12.1 Å². The van der Waals surface area contributed by atoms with Crippen molar-refractivity contribution in [3.8, 4) is 0 Å². The summed E-state index contributed by atoms with van der Waals surface area (Å²) in [5.41, 5.74) is 0.724. The Labute approximate surface area is 88.5 Å². The lowest BCUT2D eigenvalue weighted by Crippen LogP contribution is -1.94. The van der Waals surface area contributed by atoms with Crippen LogP contribution in [-0.2, 0) is 16.3 Å². The molecule has 0 amide bonds. The Morgan fingerprint density at radius 1 is 1.47 bits per heavy atom. The molecule has 0 bridgehead atoms. The molecule has 0 saturated carbocycles. The Morgan fingerprint density at radius 3 is 2.67 bits per heavy atom. The van der Waals surface area contributed by atoms with E-state index in [2.05, 4.69) is 4.36 Å². The van der Waals surface area contributed by atoms with E-state index in [9.17, 15) is 14.3 Å². The molecule has 1 aromatic carbocycles. The van der Waals surface area contributed by atoms with E-state index >= 15 is 0 Å². The number of hydrogen-bond acceptors (Lipinski definition) is 4. The van der Waals surface area contributed by atoms with Gasteiger partial charge in [-0.05, 0) is 5.56 Å². The standard InChI is InChI=1S/C9H12N2O3S/c1-15(2,14)10-7-8-4-3-5-9(6-8)11(12)13/h3-6H,7H2,1-2H3. The molecular weight excluding hydrogens is 216 g/mol. The minimum Gasteiger partial charge on any atom is -0.258 e. The van der Waals surface area contributed by atoms with E-state index in [1.54, 1.807) is 12.1 Å². The second-order valence-electron chi connectivity index (χ2n) is 3.40. The van der Waals surface area contributed by atoms with Gasteiger partial charge in [-0.3, -0.25) is 14.3 Å². The van der Waals surface area contributed by atoms with Crippen LogP contribution in [0.1, 0.15) is 5.56 Å². The molecule has 5 nitrogen and oxygen atoms in total. The van der Waals surface area contributed by atoms with Gasteiger partial charge in [0.15, 0.2) is 0 Å². The van der Waals surface area contributed by atoms with Crippen molar-refractivity contribution in [2.24, 2.45) is 4.36 Å². The Hall–Kier alpha value is -1.43. The first kappa shape index (κ1) is 11.6. The van der Waals surface area contributed by atoms with Gasteiger partial charge < -0.3 is 0 Å². The zero-order valence-corrected chi connectivity index (χ0v) is 9.36. The highest BCUT2D eigenvalue weighted by Gasteiger charge is 2.04. The second-order valence-corrected chi connectivity index (χ2v) is 6.02. The average molecular weight is 228 g/mol. The van der Waals surface area contributed by atoms with E-state index in [1.807, 2.05) is 0 Å². The summed E-state index contributed by atoms with van der Waals surface area (Å²) in [6.07, 6.45) is 3.06. The smallest absolute Gasteiger partial charge is 0.258 e. The molecule has 0 N–H and O–H groups in total. The summed E-state index contributed by atoms with van der Waals surface area (Å²) < 4.78 is 15.2. The van der Waals surface area contributed by atoms with Crippen molar-refractivity contribution >= 4 is 15.4 Å². The van der Waals surface area contributed by atoms with Gasteiger partial charge in [-0.2, -0.15) is 0 Å². The number of benzene rings is 1. The van der Waals surface area contributed by atoms with Crippen molar-refractivity contribution < 1.29 is 9.13 Å². The Kier molecular flexibility index (Phi) is 3.41. The van der Waals surface area contributed by atoms with Crippen LogP contribution in [0.15, 0.2) is 28.6 Å². The lowest BCUT2D eigenvalue weighted by atomic mass is 10.2. The summed E-state index contributed by atoms with van der Waals surface area (Å²) in [7, 11) is -2.15. The minimum absolute atomic E-state index is 0.0291. The molecule has 1 aromatic rings. The van der Waals surface area contributed by atoms with Gasteiger partial charge in [0.2, 0.25) is 0 Å². The number of non-ortho nitro benzene ring substituents is 1. The molecule has 0 spiro atoms. The van der Waals surface area contributed by atoms with Gasteiger partial charge >= 0.3 is 0 Å². The minimum atomic E-state index is -2.15. The molecule has 0 saturated heterocycles. The maximum Gasteiger partial charge on any atom is 0.269 e.